The van der Waals surface area contributed by atoms with Gasteiger partial charge in [-0.1, -0.05) is 32.1 Å². The Hall–Kier alpha value is -2.39. The van der Waals surface area contributed by atoms with Gasteiger partial charge in [-0.25, -0.2) is 4.39 Å². The van der Waals surface area contributed by atoms with E-state index in [1.807, 2.05) is 0 Å². The first-order valence-electron chi connectivity index (χ1n) is 11.7. The number of carbonyl (C=O) groups excluding carboxylic acids is 2. The Morgan fingerprint density at radius 3 is 2.16 bits per heavy atom. The molecule has 3 rings (SSSR count). The van der Waals surface area contributed by atoms with Crippen LogP contribution in [0.25, 0.3) is 0 Å². The second kappa shape index (κ2) is 12.0. The number of anilines is 2. The van der Waals surface area contributed by atoms with Crippen LogP contribution in [0, 0.1) is 5.82 Å². The Balaban J connectivity index is 1.69. The van der Waals surface area contributed by atoms with Crippen molar-refractivity contribution in [3.63, 3.8) is 0 Å². The summed E-state index contributed by atoms with van der Waals surface area (Å²) in [5, 5.41) is 29.7. The maximum absolute atomic E-state index is 14.9. The molecule has 0 aromatic heterocycles. The molecule has 32 heavy (non-hydrogen) atoms. The van der Waals surface area contributed by atoms with Crippen LogP contribution in [-0.4, -0.2) is 59.9 Å². The summed E-state index contributed by atoms with van der Waals surface area (Å²) in [6, 6.07) is 3.37. The van der Waals surface area contributed by atoms with Gasteiger partial charge in [0.2, 0.25) is 5.91 Å². The van der Waals surface area contributed by atoms with Crippen molar-refractivity contribution >= 4 is 23.2 Å². The topological polar surface area (TPSA) is 123 Å². The van der Waals surface area contributed by atoms with Gasteiger partial charge in [0.1, 0.15) is 5.82 Å². The maximum Gasteiger partial charge on any atom is 0.253 e. The number of hydrogen-bond donors (Lipinski definition) is 6. The molecule has 0 heterocycles. The van der Waals surface area contributed by atoms with Crippen LogP contribution in [0.4, 0.5) is 15.8 Å². The van der Waals surface area contributed by atoms with Crippen LogP contribution in [0.3, 0.4) is 0 Å². The van der Waals surface area contributed by atoms with E-state index < -0.39 is 30.3 Å². The molecule has 9 heteroatoms. The number of rotatable bonds is 10. The molecule has 0 bridgehead atoms. The number of nitrogens with one attached hydrogen (secondary N) is 4. The highest BCUT2D eigenvalue weighted by molar-refractivity contribution is 6.01. The van der Waals surface area contributed by atoms with E-state index in [2.05, 4.69) is 21.3 Å². The maximum atomic E-state index is 14.9. The molecule has 1 atom stereocenters. The van der Waals surface area contributed by atoms with Crippen LogP contribution in [0.5, 0.6) is 0 Å². The fourth-order valence-corrected chi connectivity index (χ4v) is 4.36. The zero-order chi connectivity index (χ0) is 22.9. The van der Waals surface area contributed by atoms with Gasteiger partial charge in [0.25, 0.3) is 5.91 Å². The standard InChI is InChI=1S/C23H35FN4O4/c24-19-10-18(23(32)26-13-22(31)25-12-17(30)14-29)20(27-15-8-4-5-9-15)11-21(19)28-16-6-2-1-3-7-16/h10-11,15-17,27-30H,1-9,12-14H2,(H,25,31)(H,26,32). The second-order valence-corrected chi connectivity index (χ2v) is 8.81. The van der Waals surface area contributed by atoms with E-state index in [0.29, 0.717) is 11.4 Å². The molecule has 0 saturated heterocycles. The molecule has 2 saturated carbocycles. The number of aliphatic hydroxyl groups excluding tert-OH is 2. The molecule has 6 N–H and O–H groups in total. The molecule has 8 nitrogen and oxygen atoms in total. The van der Waals surface area contributed by atoms with Gasteiger partial charge in [-0.05, 0) is 37.8 Å². The van der Waals surface area contributed by atoms with E-state index in [1.165, 1.54) is 12.5 Å². The third-order valence-electron chi connectivity index (χ3n) is 6.19. The Morgan fingerprint density at radius 2 is 1.53 bits per heavy atom. The average molecular weight is 451 g/mol. The summed E-state index contributed by atoms with van der Waals surface area (Å²) in [5.41, 5.74) is 1.11. The first kappa shape index (κ1) is 24.3. The van der Waals surface area contributed by atoms with Crippen molar-refractivity contribution in [3.8, 4) is 0 Å². The van der Waals surface area contributed by atoms with Crippen LogP contribution >= 0.6 is 0 Å². The molecule has 0 radical (unpaired) electrons. The predicted octanol–water partition coefficient (Wildman–Crippen LogP) is 2.12. The lowest BCUT2D eigenvalue weighted by molar-refractivity contribution is -0.120. The smallest absolute Gasteiger partial charge is 0.253 e. The summed E-state index contributed by atoms with van der Waals surface area (Å²) in [4.78, 5) is 24.7. The molecule has 0 spiro atoms. The highest BCUT2D eigenvalue weighted by Crippen LogP contribution is 2.30. The third-order valence-corrected chi connectivity index (χ3v) is 6.19. The molecule has 1 aromatic carbocycles. The van der Waals surface area contributed by atoms with Gasteiger partial charge in [0.15, 0.2) is 0 Å². The largest absolute Gasteiger partial charge is 0.394 e. The van der Waals surface area contributed by atoms with Gasteiger partial charge in [-0.2, -0.15) is 0 Å². The number of carbonyl (C=O) groups is 2. The molecule has 2 aliphatic rings. The predicted molar refractivity (Wildman–Crippen MR) is 121 cm³/mol. The van der Waals surface area contributed by atoms with E-state index in [4.69, 9.17) is 5.11 Å². The SMILES string of the molecule is O=C(CNC(=O)c1cc(F)c(NC2CCCCC2)cc1NC1CCCC1)NCC(O)CO. The van der Waals surface area contributed by atoms with Gasteiger partial charge >= 0.3 is 0 Å². The van der Waals surface area contributed by atoms with E-state index in [1.54, 1.807) is 6.07 Å². The summed E-state index contributed by atoms with van der Waals surface area (Å²) in [5.74, 6) is -1.55. The molecule has 2 amide bonds. The van der Waals surface area contributed by atoms with Crippen molar-refractivity contribution in [1.29, 1.82) is 0 Å². The molecule has 1 unspecified atom stereocenters. The van der Waals surface area contributed by atoms with E-state index in [9.17, 15) is 19.1 Å². The first-order chi connectivity index (χ1) is 15.5. The summed E-state index contributed by atoms with van der Waals surface area (Å²) in [6.07, 6.45) is 8.66. The van der Waals surface area contributed by atoms with Gasteiger partial charge in [0, 0.05) is 24.3 Å². The van der Waals surface area contributed by atoms with Gasteiger partial charge in [-0.3, -0.25) is 9.59 Å². The lowest BCUT2D eigenvalue weighted by Gasteiger charge is -2.25. The van der Waals surface area contributed by atoms with Crippen molar-refractivity contribution in [3.05, 3.63) is 23.5 Å². The third kappa shape index (κ3) is 7.06. The van der Waals surface area contributed by atoms with Gasteiger partial charge in [-0.15, -0.1) is 0 Å². The van der Waals surface area contributed by atoms with Gasteiger partial charge < -0.3 is 31.5 Å². The lowest BCUT2D eigenvalue weighted by Crippen LogP contribution is -2.41. The molecule has 178 valence electrons. The summed E-state index contributed by atoms with van der Waals surface area (Å²) >= 11 is 0. The minimum absolute atomic E-state index is 0.115. The molecule has 1 aromatic rings. The molecule has 2 aliphatic carbocycles. The van der Waals surface area contributed by atoms with Crippen molar-refractivity contribution in [2.75, 3.05) is 30.3 Å². The number of aliphatic hydroxyl groups is 2. The minimum Gasteiger partial charge on any atom is -0.394 e. The van der Waals surface area contributed by atoms with Crippen LogP contribution in [-0.2, 0) is 4.79 Å². The molecule has 0 aliphatic heterocycles. The number of benzene rings is 1. The number of halogens is 1. The number of hydrogen-bond acceptors (Lipinski definition) is 6. The van der Waals surface area contributed by atoms with Crippen LogP contribution in [0.1, 0.15) is 68.1 Å². The van der Waals surface area contributed by atoms with E-state index in [0.717, 1.165) is 51.4 Å². The second-order valence-electron chi connectivity index (χ2n) is 8.81. The molecular weight excluding hydrogens is 415 g/mol. The average Bonchev–Trinajstić information content (AvgIpc) is 3.31. The van der Waals surface area contributed by atoms with Crippen molar-refractivity contribution in [2.45, 2.75) is 76.0 Å². The van der Waals surface area contributed by atoms with Crippen LogP contribution in [0.15, 0.2) is 12.1 Å². The molecule has 2 fully saturated rings. The Kier molecular flexibility index (Phi) is 9.11. The monoisotopic (exact) mass is 450 g/mol. The first-order valence-corrected chi connectivity index (χ1v) is 11.7. The fourth-order valence-electron chi connectivity index (χ4n) is 4.36. The highest BCUT2D eigenvalue weighted by Gasteiger charge is 2.22. The summed E-state index contributed by atoms with van der Waals surface area (Å²) in [6.45, 7) is -0.900. The van der Waals surface area contributed by atoms with E-state index in [-0.39, 0.29) is 30.7 Å². The lowest BCUT2D eigenvalue weighted by atomic mass is 9.95. The van der Waals surface area contributed by atoms with Crippen molar-refractivity contribution < 1.29 is 24.2 Å². The zero-order valence-corrected chi connectivity index (χ0v) is 18.5. The normalized spacial score (nSPS) is 18.2. The highest BCUT2D eigenvalue weighted by atomic mass is 19.1. The summed E-state index contributed by atoms with van der Waals surface area (Å²) < 4.78 is 14.9. The fraction of sp³-hybridized carbons (Fsp3) is 0.652. The number of amides is 2. The Morgan fingerprint density at radius 1 is 0.938 bits per heavy atom. The quantitative estimate of drug-likeness (QED) is 0.325. The van der Waals surface area contributed by atoms with Crippen molar-refractivity contribution in [1.82, 2.24) is 10.6 Å². The van der Waals surface area contributed by atoms with E-state index >= 15 is 0 Å². The summed E-state index contributed by atoms with van der Waals surface area (Å²) in [7, 11) is 0. The molecular formula is C23H35FN4O4. The van der Waals surface area contributed by atoms with Gasteiger partial charge in [0.05, 0.1) is 30.5 Å². The Bertz CT molecular complexity index is 780. The zero-order valence-electron chi connectivity index (χ0n) is 18.5. The minimum atomic E-state index is -1.06. The Labute approximate surface area is 188 Å². The van der Waals surface area contributed by atoms with Crippen LogP contribution in [0.2, 0.25) is 0 Å². The van der Waals surface area contributed by atoms with Crippen molar-refractivity contribution in [2.24, 2.45) is 0 Å². The van der Waals surface area contributed by atoms with Crippen LogP contribution < -0.4 is 21.3 Å².